The minimum atomic E-state index is -0.859. The smallest absolute Gasteiger partial charge is 0.287 e. The van der Waals surface area contributed by atoms with E-state index in [1.807, 2.05) is 54.6 Å². The van der Waals surface area contributed by atoms with Crippen LogP contribution in [0.1, 0.15) is 53.4 Å². The van der Waals surface area contributed by atoms with Crippen molar-refractivity contribution in [2.45, 2.75) is 44.3 Å². The van der Waals surface area contributed by atoms with E-state index in [0.717, 1.165) is 31.2 Å². The van der Waals surface area contributed by atoms with Crippen LogP contribution in [-0.4, -0.2) is 42.3 Å². The lowest BCUT2D eigenvalue weighted by atomic mass is 10.0. The molecule has 4 rings (SSSR count). The van der Waals surface area contributed by atoms with Gasteiger partial charge >= 0.3 is 0 Å². The lowest BCUT2D eigenvalue weighted by Gasteiger charge is -2.32. The first-order valence-corrected chi connectivity index (χ1v) is 12.1. The van der Waals surface area contributed by atoms with Gasteiger partial charge in [0.05, 0.1) is 19.9 Å². The molecule has 0 spiro atoms. The number of amides is 3. The van der Waals surface area contributed by atoms with E-state index in [0.29, 0.717) is 11.3 Å². The van der Waals surface area contributed by atoms with Crippen molar-refractivity contribution in [2.75, 3.05) is 13.7 Å². The summed E-state index contributed by atoms with van der Waals surface area (Å²) < 4.78 is 10.4. The Kier molecular flexibility index (Phi) is 8.39. The standard InChI is InChI=1S/C28H31N3O5/c1-35-23-15-13-20(14-16-23)19-31(25(32)18-29-27(33)24-12-7-17-36-24)26(21-8-3-2-4-9-21)28(34)30-22-10-5-6-11-22/h2-4,7-9,12-17,22,26H,5-6,10-11,18-19H2,1H3,(H,29,33)(H,30,34)/t26-/m0/s1. The molecule has 0 saturated heterocycles. The van der Waals surface area contributed by atoms with Crippen LogP contribution in [0.4, 0.5) is 0 Å². The third kappa shape index (κ3) is 6.33. The van der Waals surface area contributed by atoms with E-state index in [-0.39, 0.29) is 36.7 Å². The largest absolute Gasteiger partial charge is 0.497 e. The summed E-state index contributed by atoms with van der Waals surface area (Å²) in [5.74, 6) is -0.304. The lowest BCUT2D eigenvalue weighted by Crippen LogP contribution is -2.48. The molecule has 2 aromatic carbocycles. The van der Waals surface area contributed by atoms with Gasteiger partial charge in [0, 0.05) is 12.6 Å². The number of hydrogen-bond acceptors (Lipinski definition) is 5. The van der Waals surface area contributed by atoms with E-state index < -0.39 is 11.9 Å². The van der Waals surface area contributed by atoms with Crippen LogP contribution in [-0.2, 0) is 16.1 Å². The van der Waals surface area contributed by atoms with Gasteiger partial charge in [-0.3, -0.25) is 14.4 Å². The second kappa shape index (κ2) is 12.1. The molecule has 1 aromatic heterocycles. The Morgan fingerprint density at radius 2 is 1.72 bits per heavy atom. The van der Waals surface area contributed by atoms with Crippen molar-refractivity contribution in [2.24, 2.45) is 0 Å². The predicted octanol–water partition coefficient (Wildman–Crippen LogP) is 3.85. The molecule has 2 N–H and O–H groups in total. The van der Waals surface area contributed by atoms with E-state index in [2.05, 4.69) is 10.6 Å². The van der Waals surface area contributed by atoms with E-state index in [1.54, 1.807) is 13.2 Å². The number of benzene rings is 2. The number of methoxy groups -OCH3 is 1. The summed E-state index contributed by atoms with van der Waals surface area (Å²) in [6.45, 7) is -0.104. The minimum absolute atomic E-state index is 0.0975. The highest BCUT2D eigenvalue weighted by molar-refractivity contribution is 5.95. The van der Waals surface area contributed by atoms with Crippen LogP contribution in [0.2, 0.25) is 0 Å². The molecule has 0 unspecified atom stereocenters. The highest BCUT2D eigenvalue weighted by Crippen LogP contribution is 2.26. The highest BCUT2D eigenvalue weighted by Gasteiger charge is 2.33. The molecule has 0 aliphatic heterocycles. The van der Waals surface area contributed by atoms with Crippen LogP contribution in [0.25, 0.3) is 0 Å². The number of furan rings is 1. The maximum atomic E-state index is 13.6. The predicted molar refractivity (Wildman–Crippen MR) is 134 cm³/mol. The van der Waals surface area contributed by atoms with Crippen LogP contribution in [0, 0.1) is 0 Å². The summed E-state index contributed by atoms with van der Waals surface area (Å²) in [5.41, 5.74) is 1.53. The topological polar surface area (TPSA) is 101 Å². The molecule has 0 radical (unpaired) electrons. The number of ether oxygens (including phenoxy) is 1. The van der Waals surface area contributed by atoms with Crippen molar-refractivity contribution >= 4 is 17.7 Å². The monoisotopic (exact) mass is 489 g/mol. The first kappa shape index (κ1) is 25.0. The van der Waals surface area contributed by atoms with Crippen molar-refractivity contribution in [3.05, 3.63) is 89.9 Å². The second-order valence-corrected chi connectivity index (χ2v) is 8.83. The van der Waals surface area contributed by atoms with Crippen molar-refractivity contribution in [1.82, 2.24) is 15.5 Å². The first-order valence-electron chi connectivity index (χ1n) is 12.1. The lowest BCUT2D eigenvalue weighted by molar-refractivity contribution is -0.141. The summed E-state index contributed by atoms with van der Waals surface area (Å²) in [6.07, 6.45) is 5.41. The first-order chi connectivity index (χ1) is 17.5. The van der Waals surface area contributed by atoms with E-state index in [9.17, 15) is 14.4 Å². The zero-order valence-electron chi connectivity index (χ0n) is 20.3. The Balaban J connectivity index is 1.61. The Morgan fingerprint density at radius 1 is 1.00 bits per heavy atom. The average molecular weight is 490 g/mol. The van der Waals surface area contributed by atoms with E-state index in [4.69, 9.17) is 9.15 Å². The molecule has 3 aromatic rings. The highest BCUT2D eigenvalue weighted by atomic mass is 16.5. The van der Waals surface area contributed by atoms with Gasteiger partial charge in [-0.25, -0.2) is 0 Å². The van der Waals surface area contributed by atoms with Gasteiger partial charge < -0.3 is 24.7 Å². The van der Waals surface area contributed by atoms with Crippen LogP contribution in [0.3, 0.4) is 0 Å². The molecule has 1 saturated carbocycles. The molecule has 1 aliphatic rings. The Hall–Kier alpha value is -4.07. The molecule has 36 heavy (non-hydrogen) atoms. The molecule has 188 valence electrons. The van der Waals surface area contributed by atoms with Crippen molar-refractivity contribution in [3.63, 3.8) is 0 Å². The Bertz CT molecular complexity index is 1140. The Labute approximate surface area is 210 Å². The molecule has 8 heteroatoms. The van der Waals surface area contributed by atoms with Crippen LogP contribution in [0.5, 0.6) is 5.75 Å². The fourth-order valence-corrected chi connectivity index (χ4v) is 4.46. The van der Waals surface area contributed by atoms with Gasteiger partial charge in [0.2, 0.25) is 11.8 Å². The molecule has 0 bridgehead atoms. The second-order valence-electron chi connectivity index (χ2n) is 8.83. The van der Waals surface area contributed by atoms with Gasteiger partial charge in [0.15, 0.2) is 5.76 Å². The summed E-state index contributed by atoms with van der Waals surface area (Å²) in [7, 11) is 1.59. The molecule has 8 nitrogen and oxygen atoms in total. The van der Waals surface area contributed by atoms with Gasteiger partial charge in [-0.15, -0.1) is 0 Å². The van der Waals surface area contributed by atoms with Crippen LogP contribution in [0.15, 0.2) is 77.4 Å². The van der Waals surface area contributed by atoms with Gasteiger partial charge in [-0.2, -0.15) is 0 Å². The summed E-state index contributed by atoms with van der Waals surface area (Å²) in [4.78, 5) is 41.1. The number of carbonyl (C=O) groups is 3. The molecule has 1 aliphatic carbocycles. The Morgan fingerprint density at radius 3 is 2.36 bits per heavy atom. The zero-order valence-corrected chi connectivity index (χ0v) is 20.3. The molecule has 1 heterocycles. The van der Waals surface area contributed by atoms with Crippen molar-refractivity contribution < 1.29 is 23.5 Å². The third-order valence-electron chi connectivity index (χ3n) is 6.35. The maximum Gasteiger partial charge on any atom is 0.287 e. The zero-order chi connectivity index (χ0) is 25.3. The van der Waals surface area contributed by atoms with E-state index in [1.165, 1.54) is 17.2 Å². The fourth-order valence-electron chi connectivity index (χ4n) is 4.46. The summed E-state index contributed by atoms with van der Waals surface area (Å²) in [5, 5.41) is 5.76. The van der Waals surface area contributed by atoms with Crippen molar-refractivity contribution in [1.29, 1.82) is 0 Å². The molecule has 1 atom stereocenters. The number of hydrogen-bond donors (Lipinski definition) is 2. The van der Waals surface area contributed by atoms with E-state index >= 15 is 0 Å². The number of carbonyl (C=O) groups excluding carboxylic acids is 3. The minimum Gasteiger partial charge on any atom is -0.497 e. The van der Waals surface area contributed by atoms with Crippen LogP contribution < -0.4 is 15.4 Å². The normalized spacial score (nSPS) is 14.1. The third-order valence-corrected chi connectivity index (χ3v) is 6.35. The van der Waals surface area contributed by atoms with Crippen LogP contribution >= 0.6 is 0 Å². The van der Waals surface area contributed by atoms with Gasteiger partial charge in [-0.1, -0.05) is 55.3 Å². The molecular weight excluding hydrogens is 458 g/mol. The molecule has 3 amide bonds. The van der Waals surface area contributed by atoms with Gasteiger partial charge in [-0.05, 0) is 48.2 Å². The van der Waals surface area contributed by atoms with Gasteiger partial charge in [0.1, 0.15) is 11.8 Å². The number of rotatable bonds is 10. The van der Waals surface area contributed by atoms with Gasteiger partial charge in [0.25, 0.3) is 5.91 Å². The molecule has 1 fully saturated rings. The quantitative estimate of drug-likeness (QED) is 0.451. The van der Waals surface area contributed by atoms with Crippen molar-refractivity contribution in [3.8, 4) is 5.75 Å². The SMILES string of the molecule is COc1ccc(CN(C(=O)CNC(=O)c2ccco2)[C@H](C(=O)NC2CCCC2)c2ccccc2)cc1. The number of nitrogens with one attached hydrogen (secondary N) is 2. The maximum absolute atomic E-state index is 13.6. The number of nitrogens with zero attached hydrogens (tertiary/aromatic N) is 1. The fraction of sp³-hybridized carbons (Fsp3) is 0.321. The molecular formula is C28H31N3O5. The average Bonchev–Trinajstić information content (AvgIpc) is 3.63. The summed E-state index contributed by atoms with van der Waals surface area (Å²) >= 11 is 0. The summed E-state index contributed by atoms with van der Waals surface area (Å²) in [6, 6.07) is 19.0.